The van der Waals surface area contributed by atoms with Crippen LogP contribution in [0.4, 0.5) is 0 Å². The number of aldehydes is 1. The molecule has 1 N–H and O–H groups in total. The Balaban J connectivity index is 2.59. The van der Waals surface area contributed by atoms with Gasteiger partial charge in [-0.15, -0.1) is 0 Å². The fourth-order valence-electron chi connectivity index (χ4n) is 1.59. The van der Waals surface area contributed by atoms with Crippen molar-refractivity contribution in [3.05, 3.63) is 41.7 Å². The van der Waals surface area contributed by atoms with Crippen LogP contribution in [-0.2, 0) is 10.1 Å². The van der Waals surface area contributed by atoms with Crippen molar-refractivity contribution in [2.24, 2.45) is 0 Å². The molecule has 0 radical (unpaired) electrons. The van der Waals surface area contributed by atoms with E-state index in [9.17, 15) is 13.2 Å². The summed E-state index contributed by atoms with van der Waals surface area (Å²) in [4.78, 5) is 10.3. The molecule has 6 heteroatoms. The Morgan fingerprint density at radius 3 is 2.50 bits per heavy atom. The van der Waals surface area contributed by atoms with E-state index >= 15 is 0 Å². The van der Waals surface area contributed by atoms with Crippen molar-refractivity contribution in [2.75, 3.05) is 0 Å². The van der Waals surface area contributed by atoms with Crippen molar-refractivity contribution < 1.29 is 22.2 Å². The maximum absolute atomic E-state index is 11.1. The van der Waals surface area contributed by atoms with Gasteiger partial charge in [-0.05, 0) is 36.8 Å². The summed E-state index contributed by atoms with van der Waals surface area (Å²) in [5.74, 6) is 0.529. The number of furan rings is 1. The molecule has 0 unspecified atom stereocenters. The molecule has 2 aromatic rings. The summed E-state index contributed by atoms with van der Waals surface area (Å²) in [6.45, 7) is 1.77. The second kappa shape index (κ2) is 4.40. The van der Waals surface area contributed by atoms with Gasteiger partial charge in [-0.2, -0.15) is 8.42 Å². The van der Waals surface area contributed by atoms with E-state index in [1.54, 1.807) is 19.1 Å². The number of aryl methyl sites for hydroxylation is 1. The SMILES string of the molecule is Cc1ccc(S(=O)(=O)O)cc1-c1ccc(C=O)o1. The van der Waals surface area contributed by atoms with Gasteiger partial charge < -0.3 is 4.42 Å². The zero-order valence-electron chi connectivity index (χ0n) is 9.45. The average molecular weight is 266 g/mol. The van der Waals surface area contributed by atoms with Crippen molar-refractivity contribution >= 4 is 16.4 Å². The summed E-state index contributed by atoms with van der Waals surface area (Å²) in [6.07, 6.45) is 0.561. The minimum Gasteiger partial charge on any atom is -0.453 e. The van der Waals surface area contributed by atoms with Crippen LogP contribution in [0.25, 0.3) is 11.3 Å². The molecule has 0 fully saturated rings. The van der Waals surface area contributed by atoms with Crippen molar-refractivity contribution in [2.45, 2.75) is 11.8 Å². The monoisotopic (exact) mass is 266 g/mol. The topological polar surface area (TPSA) is 84.6 Å². The van der Waals surface area contributed by atoms with Gasteiger partial charge in [0.15, 0.2) is 12.0 Å². The van der Waals surface area contributed by atoms with Crippen molar-refractivity contribution in [1.82, 2.24) is 0 Å². The van der Waals surface area contributed by atoms with Gasteiger partial charge in [-0.3, -0.25) is 9.35 Å². The lowest BCUT2D eigenvalue weighted by molar-refractivity contribution is 0.110. The van der Waals surface area contributed by atoms with Crippen molar-refractivity contribution in [3.63, 3.8) is 0 Å². The normalized spacial score (nSPS) is 11.4. The Hall–Kier alpha value is -1.92. The maximum atomic E-state index is 11.1. The molecule has 2 rings (SSSR count). The molecule has 0 atom stereocenters. The molecule has 1 heterocycles. The molecular formula is C12H10O5S. The fraction of sp³-hybridized carbons (Fsp3) is 0.0833. The molecule has 0 amide bonds. The van der Waals surface area contributed by atoms with E-state index in [2.05, 4.69) is 0 Å². The molecule has 94 valence electrons. The standard InChI is InChI=1S/C12H10O5S/c1-8-2-4-10(18(14,15)16)6-11(8)12-5-3-9(7-13)17-12/h2-7H,1H3,(H,14,15,16). The van der Waals surface area contributed by atoms with E-state index in [0.717, 1.165) is 5.56 Å². The number of rotatable bonds is 3. The zero-order valence-corrected chi connectivity index (χ0v) is 10.3. The van der Waals surface area contributed by atoms with Gasteiger partial charge in [0, 0.05) is 5.56 Å². The third kappa shape index (κ3) is 2.34. The Morgan fingerprint density at radius 1 is 1.22 bits per heavy atom. The molecule has 0 bridgehead atoms. The first-order valence-corrected chi connectivity index (χ1v) is 6.49. The molecule has 0 aliphatic rings. The van der Waals surface area contributed by atoms with Crippen molar-refractivity contribution in [3.8, 4) is 11.3 Å². The van der Waals surface area contributed by atoms with Crippen LogP contribution < -0.4 is 0 Å². The van der Waals surface area contributed by atoms with Crippen LogP contribution >= 0.6 is 0 Å². The summed E-state index contributed by atoms with van der Waals surface area (Å²) in [5.41, 5.74) is 1.28. The van der Waals surface area contributed by atoms with Gasteiger partial charge in [0.25, 0.3) is 10.1 Å². The first-order chi connectivity index (χ1) is 8.41. The second-order valence-electron chi connectivity index (χ2n) is 3.77. The Kier molecular flexibility index (Phi) is 3.06. The van der Waals surface area contributed by atoms with Crippen LogP contribution in [0, 0.1) is 6.92 Å². The predicted molar refractivity (Wildman–Crippen MR) is 64.1 cm³/mol. The van der Waals surface area contributed by atoms with Gasteiger partial charge in [0.1, 0.15) is 5.76 Å². The van der Waals surface area contributed by atoms with Gasteiger partial charge in [-0.25, -0.2) is 0 Å². The van der Waals surface area contributed by atoms with E-state index < -0.39 is 10.1 Å². The van der Waals surface area contributed by atoms with Gasteiger partial charge in [0.2, 0.25) is 0 Å². The van der Waals surface area contributed by atoms with Gasteiger partial charge >= 0.3 is 0 Å². The van der Waals surface area contributed by atoms with Gasteiger partial charge in [0.05, 0.1) is 4.90 Å². The minimum absolute atomic E-state index is 0.154. The lowest BCUT2D eigenvalue weighted by Gasteiger charge is -2.04. The Morgan fingerprint density at radius 2 is 1.94 bits per heavy atom. The third-order valence-electron chi connectivity index (χ3n) is 2.52. The molecule has 0 aliphatic heterocycles. The number of carbonyl (C=O) groups is 1. The smallest absolute Gasteiger partial charge is 0.294 e. The second-order valence-corrected chi connectivity index (χ2v) is 5.19. The molecule has 1 aromatic heterocycles. The highest BCUT2D eigenvalue weighted by Gasteiger charge is 2.14. The molecule has 5 nitrogen and oxygen atoms in total. The van der Waals surface area contributed by atoms with Crippen molar-refractivity contribution in [1.29, 1.82) is 0 Å². The number of carbonyl (C=O) groups excluding carboxylic acids is 1. The van der Waals surface area contributed by atoms with Crippen LogP contribution in [0.2, 0.25) is 0 Å². The quantitative estimate of drug-likeness (QED) is 0.680. The van der Waals surface area contributed by atoms with E-state index in [1.165, 1.54) is 18.2 Å². The summed E-state index contributed by atoms with van der Waals surface area (Å²) in [5, 5.41) is 0. The first kappa shape index (κ1) is 12.5. The fourth-order valence-corrected chi connectivity index (χ4v) is 2.09. The summed E-state index contributed by atoms with van der Waals surface area (Å²) < 4.78 is 36.3. The average Bonchev–Trinajstić information content (AvgIpc) is 2.76. The van der Waals surface area contributed by atoms with Crippen LogP contribution in [0.1, 0.15) is 16.1 Å². The molecule has 0 saturated heterocycles. The minimum atomic E-state index is -4.26. The van der Waals surface area contributed by atoms with E-state index in [1.807, 2.05) is 0 Å². The molecule has 1 aromatic carbocycles. The first-order valence-electron chi connectivity index (χ1n) is 5.05. The number of benzene rings is 1. The van der Waals surface area contributed by atoms with Crippen LogP contribution in [-0.4, -0.2) is 19.3 Å². The number of hydrogen-bond donors (Lipinski definition) is 1. The molecular weight excluding hydrogens is 256 g/mol. The highest BCUT2D eigenvalue weighted by Crippen LogP contribution is 2.27. The Labute approximate surface area is 104 Å². The molecule has 0 spiro atoms. The lowest BCUT2D eigenvalue weighted by atomic mass is 10.1. The molecule has 0 saturated carbocycles. The lowest BCUT2D eigenvalue weighted by Crippen LogP contribution is -1.98. The largest absolute Gasteiger partial charge is 0.453 e. The van der Waals surface area contributed by atoms with Crippen LogP contribution in [0.15, 0.2) is 39.6 Å². The molecule has 0 aliphatic carbocycles. The zero-order chi connectivity index (χ0) is 13.3. The third-order valence-corrected chi connectivity index (χ3v) is 3.36. The maximum Gasteiger partial charge on any atom is 0.294 e. The number of hydrogen-bond acceptors (Lipinski definition) is 4. The van der Waals surface area contributed by atoms with E-state index in [-0.39, 0.29) is 10.7 Å². The van der Waals surface area contributed by atoms with E-state index in [0.29, 0.717) is 17.6 Å². The van der Waals surface area contributed by atoms with Gasteiger partial charge in [-0.1, -0.05) is 6.07 Å². The van der Waals surface area contributed by atoms with E-state index in [4.69, 9.17) is 8.97 Å². The summed E-state index contributed by atoms with van der Waals surface area (Å²) in [7, 11) is -4.26. The predicted octanol–water partition coefficient (Wildman–Crippen LogP) is 2.31. The summed E-state index contributed by atoms with van der Waals surface area (Å²) in [6, 6.07) is 7.22. The molecule has 18 heavy (non-hydrogen) atoms. The Bertz CT molecular complexity index is 697. The summed E-state index contributed by atoms with van der Waals surface area (Å²) >= 11 is 0. The highest BCUT2D eigenvalue weighted by molar-refractivity contribution is 7.85. The van der Waals surface area contributed by atoms with Crippen LogP contribution in [0.5, 0.6) is 0 Å². The highest BCUT2D eigenvalue weighted by atomic mass is 32.2. The van der Waals surface area contributed by atoms with Crippen LogP contribution in [0.3, 0.4) is 0 Å².